The highest BCUT2D eigenvalue weighted by Crippen LogP contribution is 2.34. The molecule has 0 spiro atoms. The first-order chi connectivity index (χ1) is 14.4. The molecule has 1 aliphatic heterocycles. The third-order valence-electron chi connectivity index (χ3n) is 4.88. The largest absolute Gasteiger partial charge is 0.376 e. The molecule has 4 heterocycles. The zero-order valence-corrected chi connectivity index (χ0v) is 17.7. The number of sulfonamides is 1. The van der Waals surface area contributed by atoms with E-state index in [-0.39, 0.29) is 15.8 Å². The minimum absolute atomic E-state index is 0.231. The summed E-state index contributed by atoms with van der Waals surface area (Å²) in [5, 5.41) is 6.32. The van der Waals surface area contributed by atoms with Crippen LogP contribution in [0.15, 0.2) is 51.7 Å². The van der Waals surface area contributed by atoms with E-state index in [2.05, 4.69) is 20.0 Å². The highest BCUT2D eigenvalue weighted by atomic mass is 32.2. The van der Waals surface area contributed by atoms with Crippen molar-refractivity contribution in [3.63, 3.8) is 0 Å². The lowest BCUT2D eigenvalue weighted by molar-refractivity contribution is 0.307. The molecule has 1 N–H and O–H groups in total. The van der Waals surface area contributed by atoms with Crippen LogP contribution in [0.1, 0.15) is 6.92 Å². The zero-order valence-electron chi connectivity index (χ0n) is 16.0. The van der Waals surface area contributed by atoms with Crippen LogP contribution in [0.2, 0.25) is 0 Å². The smallest absolute Gasteiger partial charge is 0.264 e. The molecule has 30 heavy (non-hydrogen) atoms. The van der Waals surface area contributed by atoms with Gasteiger partial charge < -0.3 is 4.90 Å². The number of hydrogen-bond acceptors (Lipinski definition) is 7. The Morgan fingerprint density at radius 2 is 2.07 bits per heavy atom. The normalized spacial score (nSPS) is 17.6. The van der Waals surface area contributed by atoms with Crippen molar-refractivity contribution in [1.29, 1.82) is 0 Å². The molecule has 3 aromatic rings. The lowest BCUT2D eigenvalue weighted by Crippen LogP contribution is -2.53. The minimum Gasteiger partial charge on any atom is -0.376 e. The number of thiophene rings is 1. The molecule has 0 saturated carbocycles. The quantitative estimate of drug-likeness (QED) is 0.622. The number of hydrogen-bond donors (Lipinski definition) is 1. The van der Waals surface area contributed by atoms with Gasteiger partial charge in [0.25, 0.3) is 15.6 Å². The maximum Gasteiger partial charge on any atom is 0.264 e. The minimum atomic E-state index is -3.68. The SMILES string of the molecule is [C-]#[N+]c1ccncc1N1CCN(S(=O)(=O)c2ccc(-c3ccc(=O)[nH]n3)s2)[C@H](C)C1. The fourth-order valence-electron chi connectivity index (χ4n) is 3.43. The molecule has 11 heteroatoms. The van der Waals surface area contributed by atoms with E-state index >= 15 is 0 Å². The van der Waals surface area contributed by atoms with Crippen molar-refractivity contribution in [3.8, 4) is 10.6 Å². The molecule has 154 valence electrons. The first-order valence-electron chi connectivity index (χ1n) is 9.14. The number of H-pyrrole nitrogens is 1. The third kappa shape index (κ3) is 3.72. The highest BCUT2D eigenvalue weighted by Gasteiger charge is 2.35. The van der Waals surface area contributed by atoms with Crippen molar-refractivity contribution in [3.05, 3.63) is 64.5 Å². The predicted octanol–water partition coefficient (Wildman–Crippen LogP) is 2.34. The molecule has 1 saturated heterocycles. The Balaban J connectivity index is 1.55. The van der Waals surface area contributed by atoms with Crippen LogP contribution in [-0.2, 0) is 10.0 Å². The Morgan fingerprint density at radius 3 is 2.77 bits per heavy atom. The van der Waals surface area contributed by atoms with Crippen molar-refractivity contribution in [2.24, 2.45) is 0 Å². The Morgan fingerprint density at radius 1 is 1.23 bits per heavy atom. The summed E-state index contributed by atoms with van der Waals surface area (Å²) in [7, 11) is -3.68. The second kappa shape index (κ2) is 7.98. The van der Waals surface area contributed by atoms with Crippen LogP contribution in [-0.4, -0.2) is 53.6 Å². The highest BCUT2D eigenvalue weighted by molar-refractivity contribution is 7.91. The first-order valence-corrected chi connectivity index (χ1v) is 11.4. The lowest BCUT2D eigenvalue weighted by Gasteiger charge is -2.40. The summed E-state index contributed by atoms with van der Waals surface area (Å²) >= 11 is 1.12. The van der Waals surface area contributed by atoms with Gasteiger partial charge in [-0.25, -0.2) is 18.4 Å². The van der Waals surface area contributed by atoms with Crippen molar-refractivity contribution in [1.82, 2.24) is 19.5 Å². The molecule has 0 aromatic carbocycles. The van der Waals surface area contributed by atoms with Crippen LogP contribution in [0, 0.1) is 6.57 Å². The summed E-state index contributed by atoms with van der Waals surface area (Å²) in [6.45, 7) is 10.4. The third-order valence-corrected chi connectivity index (χ3v) is 8.47. The van der Waals surface area contributed by atoms with Crippen molar-refractivity contribution >= 4 is 32.7 Å². The standard InChI is InChI=1S/C19H18N6O3S2/c1-13-12-24(16-11-21-8-7-14(16)20-2)9-10-25(13)30(27,28)19-6-4-17(29-19)15-3-5-18(26)23-22-15/h3-8,11,13H,9-10,12H2,1H3,(H,23,26)/t13-/m1/s1. The van der Waals surface area contributed by atoms with Gasteiger partial charge in [-0.2, -0.15) is 9.40 Å². The molecule has 0 radical (unpaired) electrons. The van der Waals surface area contributed by atoms with Gasteiger partial charge in [-0.05, 0) is 31.2 Å². The summed E-state index contributed by atoms with van der Waals surface area (Å²) in [5.74, 6) is 0. The zero-order chi connectivity index (χ0) is 21.3. The molecular weight excluding hydrogens is 424 g/mol. The van der Waals surface area contributed by atoms with Gasteiger partial charge in [0.05, 0.1) is 17.1 Å². The Bertz CT molecular complexity index is 1260. The molecule has 0 amide bonds. The molecule has 0 unspecified atom stereocenters. The second-order valence-corrected chi connectivity index (χ2v) is 10.0. The van der Waals surface area contributed by atoms with Crippen LogP contribution in [0.5, 0.6) is 0 Å². The Hall–Kier alpha value is -3.07. The number of anilines is 1. The van der Waals surface area contributed by atoms with Crippen LogP contribution < -0.4 is 10.5 Å². The number of aromatic amines is 1. The van der Waals surface area contributed by atoms with E-state index in [4.69, 9.17) is 6.57 Å². The van der Waals surface area contributed by atoms with E-state index < -0.39 is 10.0 Å². The van der Waals surface area contributed by atoms with E-state index in [1.807, 2.05) is 11.8 Å². The number of nitrogens with one attached hydrogen (secondary N) is 1. The molecular formula is C19H18N6O3S2. The van der Waals surface area contributed by atoms with Gasteiger partial charge in [0.1, 0.15) is 9.90 Å². The van der Waals surface area contributed by atoms with Crippen molar-refractivity contribution in [2.45, 2.75) is 17.2 Å². The summed E-state index contributed by atoms with van der Waals surface area (Å²) in [6, 6.07) is 7.56. The van der Waals surface area contributed by atoms with Gasteiger partial charge in [-0.3, -0.25) is 9.78 Å². The van der Waals surface area contributed by atoms with E-state index in [1.165, 1.54) is 10.4 Å². The lowest BCUT2D eigenvalue weighted by atomic mass is 10.2. The average molecular weight is 443 g/mol. The number of nitrogens with zero attached hydrogens (tertiary/aromatic N) is 5. The predicted molar refractivity (Wildman–Crippen MR) is 114 cm³/mol. The van der Waals surface area contributed by atoms with Gasteiger partial charge in [-0.1, -0.05) is 0 Å². The number of rotatable bonds is 4. The van der Waals surface area contributed by atoms with Gasteiger partial charge in [0, 0.05) is 44.1 Å². The number of aromatic nitrogens is 3. The molecule has 4 rings (SSSR count). The van der Waals surface area contributed by atoms with Crippen molar-refractivity contribution < 1.29 is 8.42 Å². The first kappa shape index (κ1) is 20.2. The molecule has 1 fully saturated rings. The molecule has 3 aromatic heterocycles. The van der Waals surface area contributed by atoms with Gasteiger partial charge in [-0.15, -0.1) is 11.3 Å². The topological polar surface area (TPSA) is 104 Å². The van der Waals surface area contributed by atoms with Gasteiger partial charge in [0.2, 0.25) is 5.69 Å². The molecule has 9 nitrogen and oxygen atoms in total. The molecule has 1 aliphatic rings. The molecule has 0 bridgehead atoms. The van der Waals surface area contributed by atoms with Gasteiger partial charge in [0.15, 0.2) is 0 Å². The van der Waals surface area contributed by atoms with Crippen LogP contribution in [0.3, 0.4) is 0 Å². The van der Waals surface area contributed by atoms with E-state index in [9.17, 15) is 13.2 Å². The maximum absolute atomic E-state index is 13.2. The van der Waals surface area contributed by atoms with Crippen LogP contribution >= 0.6 is 11.3 Å². The van der Waals surface area contributed by atoms with Gasteiger partial charge >= 0.3 is 0 Å². The Kier molecular flexibility index (Phi) is 5.38. The summed E-state index contributed by atoms with van der Waals surface area (Å²) < 4.78 is 28.2. The summed E-state index contributed by atoms with van der Waals surface area (Å²) in [5.41, 5.74) is 1.43. The molecule has 0 aliphatic carbocycles. The monoisotopic (exact) mass is 442 g/mol. The fraction of sp³-hybridized carbons (Fsp3) is 0.263. The van der Waals surface area contributed by atoms with Crippen molar-refractivity contribution in [2.75, 3.05) is 24.5 Å². The average Bonchev–Trinajstić information content (AvgIpc) is 3.25. The molecule has 1 atom stereocenters. The Labute approximate surface area is 177 Å². The van der Waals surface area contributed by atoms with E-state index in [1.54, 1.807) is 36.7 Å². The number of pyridine rings is 1. The van der Waals surface area contributed by atoms with Crippen LogP contribution in [0.4, 0.5) is 11.4 Å². The fourth-order valence-corrected chi connectivity index (χ4v) is 6.45. The summed E-state index contributed by atoms with van der Waals surface area (Å²) in [4.78, 5) is 21.5. The maximum atomic E-state index is 13.2. The van der Waals surface area contributed by atoms with E-state index in [0.29, 0.717) is 35.9 Å². The second-order valence-electron chi connectivity index (χ2n) is 6.81. The van der Waals surface area contributed by atoms with Crippen LogP contribution in [0.25, 0.3) is 15.4 Å². The van der Waals surface area contributed by atoms with E-state index in [0.717, 1.165) is 17.0 Å². The number of piperazine rings is 1. The summed E-state index contributed by atoms with van der Waals surface area (Å²) in [6.07, 6.45) is 3.22.